The fourth-order valence-corrected chi connectivity index (χ4v) is 4.83. The number of ether oxygens (including phenoxy) is 2. The summed E-state index contributed by atoms with van der Waals surface area (Å²) in [5.41, 5.74) is 2.01. The van der Waals surface area contributed by atoms with Gasteiger partial charge in [0.1, 0.15) is 18.0 Å². The molecule has 0 aliphatic carbocycles. The summed E-state index contributed by atoms with van der Waals surface area (Å²) >= 11 is 3.49. The number of hydrogen-bond acceptors (Lipinski definition) is 6. The van der Waals surface area contributed by atoms with Crippen molar-refractivity contribution in [3.05, 3.63) is 123 Å². The summed E-state index contributed by atoms with van der Waals surface area (Å²) in [6.45, 7) is 0.0955. The molecular weight excluding hydrogens is 577 g/mol. The average Bonchev–Trinajstić information content (AvgIpc) is 3.40. The van der Waals surface area contributed by atoms with Crippen LogP contribution in [0.15, 0.2) is 110 Å². The number of methoxy groups -OCH3 is 1. The molecule has 0 atom stereocenters. The van der Waals surface area contributed by atoms with Crippen molar-refractivity contribution in [3.8, 4) is 23.1 Å². The first-order chi connectivity index (χ1) is 19.5. The van der Waals surface area contributed by atoms with Gasteiger partial charge in [0.25, 0.3) is 5.56 Å². The van der Waals surface area contributed by atoms with E-state index in [0.717, 1.165) is 5.39 Å². The predicted octanol–water partition coefficient (Wildman–Crippen LogP) is 7.18. The first kappa shape index (κ1) is 25.5. The molecule has 0 bridgehead atoms. The Bertz CT molecular complexity index is 1930. The van der Waals surface area contributed by atoms with Crippen LogP contribution in [0.1, 0.15) is 11.1 Å². The smallest absolute Gasteiger partial charge is 0.282 e. The first-order valence-electron chi connectivity index (χ1n) is 12.3. The fourth-order valence-electron chi connectivity index (χ4n) is 4.38. The van der Waals surface area contributed by atoms with E-state index in [1.165, 1.54) is 30.1 Å². The van der Waals surface area contributed by atoms with Crippen LogP contribution in [0.4, 0.5) is 4.39 Å². The van der Waals surface area contributed by atoms with Gasteiger partial charge in [-0.1, -0.05) is 58.4 Å². The Morgan fingerprint density at radius 3 is 2.67 bits per heavy atom. The molecular formula is C31H21BrFN3O4. The molecule has 0 unspecified atom stereocenters. The lowest BCUT2D eigenvalue weighted by Gasteiger charge is -2.14. The predicted molar refractivity (Wildman–Crippen MR) is 156 cm³/mol. The standard InChI is InChI=1S/C31H21BrFN3O4/c1-38-27-16-22(32)14-21(29(27)39-18-19-7-6-9-23(33)13-19)17-34-36-30(28-15-20-8-2-5-12-26(20)40-28)35-25-11-4-3-10-24(25)31(36)37/h2-17H,18H2,1H3. The maximum Gasteiger partial charge on any atom is 0.282 e. The molecule has 0 aliphatic heterocycles. The Morgan fingerprint density at radius 2 is 1.85 bits per heavy atom. The molecule has 0 aliphatic rings. The van der Waals surface area contributed by atoms with Gasteiger partial charge in [0.15, 0.2) is 17.3 Å². The molecule has 9 heteroatoms. The summed E-state index contributed by atoms with van der Waals surface area (Å²) in [7, 11) is 1.52. The highest BCUT2D eigenvalue weighted by molar-refractivity contribution is 9.10. The zero-order chi connectivity index (χ0) is 27.6. The monoisotopic (exact) mass is 597 g/mol. The van der Waals surface area contributed by atoms with E-state index in [2.05, 4.69) is 21.0 Å². The summed E-state index contributed by atoms with van der Waals surface area (Å²) in [5, 5.41) is 5.85. The molecule has 6 aromatic rings. The van der Waals surface area contributed by atoms with Crippen molar-refractivity contribution in [2.75, 3.05) is 7.11 Å². The van der Waals surface area contributed by atoms with Crippen molar-refractivity contribution >= 4 is 44.0 Å². The highest BCUT2D eigenvalue weighted by Crippen LogP contribution is 2.35. The molecule has 198 valence electrons. The van der Waals surface area contributed by atoms with Gasteiger partial charge in [-0.2, -0.15) is 9.78 Å². The molecule has 0 saturated heterocycles. The van der Waals surface area contributed by atoms with Crippen LogP contribution in [-0.2, 0) is 6.61 Å². The van der Waals surface area contributed by atoms with Gasteiger partial charge in [0.05, 0.1) is 24.2 Å². The number of para-hydroxylation sites is 2. The maximum absolute atomic E-state index is 13.7. The van der Waals surface area contributed by atoms with Crippen molar-refractivity contribution in [1.29, 1.82) is 0 Å². The van der Waals surface area contributed by atoms with E-state index >= 15 is 0 Å². The van der Waals surface area contributed by atoms with E-state index in [1.54, 1.807) is 42.5 Å². The van der Waals surface area contributed by atoms with Crippen LogP contribution >= 0.6 is 15.9 Å². The molecule has 0 N–H and O–H groups in total. The minimum Gasteiger partial charge on any atom is -0.493 e. The minimum absolute atomic E-state index is 0.0955. The Balaban J connectivity index is 1.47. The number of fused-ring (bicyclic) bond motifs is 2. The van der Waals surface area contributed by atoms with Gasteiger partial charge in [-0.05, 0) is 54.1 Å². The highest BCUT2D eigenvalue weighted by Gasteiger charge is 2.17. The topological polar surface area (TPSA) is 78.9 Å². The normalized spacial score (nSPS) is 11.5. The summed E-state index contributed by atoms with van der Waals surface area (Å²) in [6, 6.07) is 26.1. The van der Waals surface area contributed by atoms with Crippen LogP contribution in [0.5, 0.6) is 11.5 Å². The lowest BCUT2D eigenvalue weighted by Crippen LogP contribution is -2.20. The maximum atomic E-state index is 13.7. The van der Waals surface area contributed by atoms with Gasteiger partial charge in [0.2, 0.25) is 5.82 Å². The number of halogens is 2. The van der Waals surface area contributed by atoms with Crippen LogP contribution in [0, 0.1) is 5.82 Å². The fraction of sp³-hybridized carbons (Fsp3) is 0.0645. The first-order valence-corrected chi connectivity index (χ1v) is 13.1. The number of rotatable bonds is 7. The van der Waals surface area contributed by atoms with Crippen LogP contribution in [0.2, 0.25) is 0 Å². The van der Waals surface area contributed by atoms with Crippen LogP contribution < -0.4 is 15.0 Å². The second-order valence-corrected chi connectivity index (χ2v) is 9.82. The molecule has 40 heavy (non-hydrogen) atoms. The van der Waals surface area contributed by atoms with Crippen molar-refractivity contribution in [1.82, 2.24) is 9.66 Å². The van der Waals surface area contributed by atoms with E-state index in [9.17, 15) is 9.18 Å². The Kier molecular flexibility index (Phi) is 6.88. The molecule has 0 radical (unpaired) electrons. The number of furan rings is 1. The van der Waals surface area contributed by atoms with Crippen molar-refractivity contribution in [2.45, 2.75) is 6.61 Å². The third-order valence-electron chi connectivity index (χ3n) is 6.25. The van der Waals surface area contributed by atoms with Crippen LogP contribution in [-0.4, -0.2) is 23.0 Å². The third kappa shape index (κ3) is 4.99. The minimum atomic E-state index is -0.360. The van der Waals surface area contributed by atoms with Crippen molar-refractivity contribution in [2.24, 2.45) is 5.10 Å². The van der Waals surface area contributed by atoms with Gasteiger partial charge in [-0.15, -0.1) is 0 Å². The Hall–Kier alpha value is -4.76. The zero-order valence-corrected chi connectivity index (χ0v) is 22.8. The average molecular weight is 598 g/mol. The van der Waals surface area contributed by atoms with Gasteiger partial charge in [-0.25, -0.2) is 9.37 Å². The second kappa shape index (κ2) is 10.8. The molecule has 0 amide bonds. The summed E-state index contributed by atoms with van der Waals surface area (Å²) in [5.74, 6) is 1.11. The van der Waals surface area contributed by atoms with E-state index in [0.29, 0.717) is 49.3 Å². The molecule has 6 rings (SSSR count). The van der Waals surface area contributed by atoms with Gasteiger partial charge in [-0.3, -0.25) is 4.79 Å². The SMILES string of the molecule is COc1cc(Br)cc(C=Nn2c(-c3cc4ccccc4o3)nc3ccccc3c2=O)c1OCc1cccc(F)c1. The molecule has 7 nitrogen and oxygen atoms in total. The zero-order valence-electron chi connectivity index (χ0n) is 21.2. The summed E-state index contributed by atoms with van der Waals surface area (Å²) in [4.78, 5) is 18.4. The van der Waals surface area contributed by atoms with Gasteiger partial charge >= 0.3 is 0 Å². The lowest BCUT2D eigenvalue weighted by atomic mass is 10.2. The van der Waals surface area contributed by atoms with Gasteiger partial charge in [0, 0.05) is 15.4 Å². The molecule has 0 spiro atoms. The molecule has 0 fully saturated rings. The quantitative estimate of drug-likeness (QED) is 0.182. The largest absolute Gasteiger partial charge is 0.493 e. The third-order valence-corrected chi connectivity index (χ3v) is 6.71. The number of nitrogens with zero attached hydrogens (tertiary/aromatic N) is 3. The van der Waals surface area contributed by atoms with Gasteiger partial charge < -0.3 is 13.9 Å². The Morgan fingerprint density at radius 1 is 1.02 bits per heavy atom. The van der Waals surface area contributed by atoms with Crippen LogP contribution in [0.25, 0.3) is 33.5 Å². The summed E-state index contributed by atoms with van der Waals surface area (Å²) in [6.07, 6.45) is 1.50. The number of benzene rings is 4. The highest BCUT2D eigenvalue weighted by atomic mass is 79.9. The van der Waals surface area contributed by atoms with Crippen molar-refractivity contribution < 1.29 is 18.3 Å². The number of hydrogen-bond donors (Lipinski definition) is 0. The van der Waals surface area contributed by atoms with Crippen molar-refractivity contribution in [3.63, 3.8) is 0 Å². The van der Waals surface area contributed by atoms with E-state index in [4.69, 9.17) is 18.9 Å². The lowest BCUT2D eigenvalue weighted by molar-refractivity contribution is 0.283. The molecule has 0 saturated carbocycles. The van der Waals surface area contributed by atoms with E-state index in [1.807, 2.05) is 36.4 Å². The Labute approximate surface area is 236 Å². The second-order valence-electron chi connectivity index (χ2n) is 8.91. The van der Waals surface area contributed by atoms with E-state index in [-0.39, 0.29) is 23.8 Å². The van der Waals surface area contributed by atoms with E-state index < -0.39 is 0 Å². The number of aromatic nitrogens is 2. The van der Waals surface area contributed by atoms with Crippen LogP contribution in [0.3, 0.4) is 0 Å². The molecule has 2 heterocycles. The molecule has 4 aromatic carbocycles. The summed E-state index contributed by atoms with van der Waals surface area (Å²) < 4.78 is 33.3. The molecule has 2 aromatic heterocycles.